The molecule has 0 radical (unpaired) electrons. The molecule has 1 saturated carbocycles. The van der Waals surface area contributed by atoms with Crippen LogP contribution in [0.1, 0.15) is 32.6 Å². The van der Waals surface area contributed by atoms with Crippen LogP contribution in [-0.4, -0.2) is 25.9 Å². The summed E-state index contributed by atoms with van der Waals surface area (Å²) < 4.78 is 24.3. The van der Waals surface area contributed by atoms with Crippen molar-refractivity contribution in [1.82, 2.24) is 0 Å². The van der Waals surface area contributed by atoms with Gasteiger partial charge in [0.2, 0.25) is 0 Å². The maximum absolute atomic E-state index is 13.3. The molecule has 0 bridgehead atoms. The van der Waals surface area contributed by atoms with Crippen molar-refractivity contribution in [3.05, 3.63) is 24.0 Å². The molecule has 1 N–H and O–H groups in total. The van der Waals surface area contributed by atoms with E-state index in [-0.39, 0.29) is 18.0 Å². The molecule has 1 fully saturated rings. The molecule has 1 aliphatic carbocycles. The van der Waals surface area contributed by atoms with E-state index in [0.29, 0.717) is 12.4 Å². The molecule has 1 aromatic carbocycles. The molecule has 19 heavy (non-hydrogen) atoms. The molecule has 2 atom stereocenters. The fourth-order valence-electron chi connectivity index (χ4n) is 2.63. The number of anilines is 1. The number of hydrogen-bond donors (Lipinski definition) is 1. The van der Waals surface area contributed by atoms with E-state index in [1.54, 1.807) is 13.2 Å². The highest BCUT2D eigenvalue weighted by Gasteiger charge is 2.25. The molecular formula is C15H22FNO2. The molecule has 0 spiro atoms. The largest absolute Gasteiger partial charge is 0.492 e. The Morgan fingerprint density at radius 3 is 2.84 bits per heavy atom. The Hall–Kier alpha value is -1.29. The Bertz CT molecular complexity index is 411. The van der Waals surface area contributed by atoms with Crippen LogP contribution < -0.4 is 10.1 Å². The Kier molecular flexibility index (Phi) is 5.02. The third kappa shape index (κ3) is 3.60. The van der Waals surface area contributed by atoms with Gasteiger partial charge in [-0.15, -0.1) is 0 Å². The van der Waals surface area contributed by atoms with E-state index in [9.17, 15) is 4.39 Å². The van der Waals surface area contributed by atoms with Crippen molar-refractivity contribution in [3.63, 3.8) is 0 Å². The topological polar surface area (TPSA) is 30.5 Å². The van der Waals surface area contributed by atoms with E-state index in [4.69, 9.17) is 9.47 Å². The van der Waals surface area contributed by atoms with Gasteiger partial charge in [-0.3, -0.25) is 0 Å². The van der Waals surface area contributed by atoms with Crippen LogP contribution in [-0.2, 0) is 4.74 Å². The molecule has 0 aromatic heterocycles. The number of halogens is 1. The van der Waals surface area contributed by atoms with Crippen LogP contribution >= 0.6 is 0 Å². The predicted octanol–water partition coefficient (Wildman–Crippen LogP) is 3.59. The van der Waals surface area contributed by atoms with E-state index in [1.807, 2.05) is 6.92 Å². The van der Waals surface area contributed by atoms with E-state index in [0.717, 1.165) is 18.5 Å². The first kappa shape index (κ1) is 14.1. The first-order valence-electron chi connectivity index (χ1n) is 6.96. The van der Waals surface area contributed by atoms with E-state index in [2.05, 4.69) is 5.32 Å². The fraction of sp³-hybridized carbons (Fsp3) is 0.600. The van der Waals surface area contributed by atoms with Crippen molar-refractivity contribution in [2.24, 2.45) is 0 Å². The lowest BCUT2D eigenvalue weighted by molar-refractivity contribution is 0.0605. The van der Waals surface area contributed by atoms with E-state index in [1.165, 1.54) is 25.0 Å². The maximum atomic E-state index is 13.3. The lowest BCUT2D eigenvalue weighted by Gasteiger charge is -2.32. The van der Waals surface area contributed by atoms with Crippen molar-refractivity contribution in [3.8, 4) is 5.75 Å². The molecule has 0 aliphatic heterocycles. The van der Waals surface area contributed by atoms with Gasteiger partial charge < -0.3 is 14.8 Å². The molecular weight excluding hydrogens is 245 g/mol. The van der Waals surface area contributed by atoms with Gasteiger partial charge in [0.1, 0.15) is 11.6 Å². The summed E-state index contributed by atoms with van der Waals surface area (Å²) in [7, 11) is 1.75. The fourth-order valence-corrected chi connectivity index (χ4v) is 2.63. The average molecular weight is 267 g/mol. The van der Waals surface area contributed by atoms with Gasteiger partial charge in [-0.1, -0.05) is 12.8 Å². The van der Waals surface area contributed by atoms with Crippen LogP contribution in [0.4, 0.5) is 10.1 Å². The zero-order chi connectivity index (χ0) is 13.7. The number of methoxy groups -OCH3 is 1. The molecule has 106 valence electrons. The van der Waals surface area contributed by atoms with Crippen molar-refractivity contribution in [1.29, 1.82) is 0 Å². The van der Waals surface area contributed by atoms with E-state index >= 15 is 0 Å². The van der Waals surface area contributed by atoms with E-state index < -0.39 is 0 Å². The van der Waals surface area contributed by atoms with Gasteiger partial charge in [-0.2, -0.15) is 0 Å². The number of rotatable bonds is 5. The van der Waals surface area contributed by atoms with Gasteiger partial charge in [-0.05, 0) is 31.9 Å². The highest BCUT2D eigenvalue weighted by atomic mass is 19.1. The summed E-state index contributed by atoms with van der Waals surface area (Å²) in [4.78, 5) is 0. The Morgan fingerprint density at radius 1 is 1.32 bits per heavy atom. The maximum Gasteiger partial charge on any atom is 0.145 e. The van der Waals surface area contributed by atoms with Gasteiger partial charge in [0.25, 0.3) is 0 Å². The normalized spacial score (nSPS) is 23.1. The first-order valence-corrected chi connectivity index (χ1v) is 6.96. The van der Waals surface area contributed by atoms with Gasteiger partial charge >= 0.3 is 0 Å². The summed E-state index contributed by atoms with van der Waals surface area (Å²) in [6.45, 7) is 2.42. The molecule has 1 aromatic rings. The molecule has 0 saturated heterocycles. The lowest BCUT2D eigenvalue weighted by Crippen LogP contribution is -2.37. The second kappa shape index (κ2) is 6.75. The summed E-state index contributed by atoms with van der Waals surface area (Å²) in [6.07, 6.45) is 4.76. The van der Waals surface area contributed by atoms with Crippen LogP contribution in [0.3, 0.4) is 0 Å². The number of nitrogens with one attached hydrogen (secondary N) is 1. The number of hydrogen-bond acceptors (Lipinski definition) is 3. The number of benzene rings is 1. The Labute approximate surface area is 114 Å². The summed E-state index contributed by atoms with van der Waals surface area (Å²) in [5.74, 6) is 0.295. The van der Waals surface area contributed by atoms with Crippen LogP contribution in [0.2, 0.25) is 0 Å². The minimum absolute atomic E-state index is 0.216. The first-order chi connectivity index (χ1) is 9.24. The standard InChI is InChI=1S/C15H22FNO2/c1-3-19-15-10-11(16)8-9-13(15)17-12-6-4-5-7-14(12)18-2/h8-10,12,14,17H,3-7H2,1-2H3. The minimum atomic E-state index is -0.277. The lowest BCUT2D eigenvalue weighted by atomic mass is 9.92. The molecule has 1 aliphatic rings. The van der Waals surface area contributed by atoms with Crippen LogP contribution in [0.25, 0.3) is 0 Å². The van der Waals surface area contributed by atoms with Crippen LogP contribution in [0, 0.1) is 5.82 Å². The van der Waals surface area contributed by atoms with Crippen molar-refractivity contribution >= 4 is 5.69 Å². The second-order valence-corrected chi connectivity index (χ2v) is 4.88. The summed E-state index contributed by atoms with van der Waals surface area (Å²) in [5.41, 5.74) is 0.845. The second-order valence-electron chi connectivity index (χ2n) is 4.88. The Morgan fingerprint density at radius 2 is 2.11 bits per heavy atom. The minimum Gasteiger partial charge on any atom is -0.492 e. The molecule has 0 amide bonds. The van der Waals surface area contributed by atoms with Crippen molar-refractivity contribution in [2.45, 2.75) is 44.8 Å². The predicted molar refractivity (Wildman–Crippen MR) is 74.2 cm³/mol. The zero-order valence-electron chi connectivity index (χ0n) is 11.6. The quantitative estimate of drug-likeness (QED) is 0.884. The SMILES string of the molecule is CCOc1cc(F)ccc1NC1CCCCC1OC. The molecule has 4 heteroatoms. The Balaban J connectivity index is 2.12. The van der Waals surface area contributed by atoms with Crippen LogP contribution in [0.5, 0.6) is 5.75 Å². The number of ether oxygens (including phenoxy) is 2. The van der Waals surface area contributed by atoms with Gasteiger partial charge in [0, 0.05) is 13.2 Å². The van der Waals surface area contributed by atoms with Crippen LogP contribution in [0.15, 0.2) is 18.2 Å². The average Bonchev–Trinajstić information content (AvgIpc) is 2.43. The summed E-state index contributed by atoms with van der Waals surface area (Å²) >= 11 is 0. The smallest absolute Gasteiger partial charge is 0.145 e. The highest BCUT2D eigenvalue weighted by Crippen LogP contribution is 2.30. The monoisotopic (exact) mass is 267 g/mol. The molecule has 0 heterocycles. The molecule has 3 nitrogen and oxygen atoms in total. The van der Waals surface area contributed by atoms with Gasteiger partial charge in [-0.25, -0.2) is 4.39 Å². The molecule has 2 unspecified atom stereocenters. The van der Waals surface area contributed by atoms with Gasteiger partial charge in [0.05, 0.1) is 24.4 Å². The van der Waals surface area contributed by atoms with Gasteiger partial charge in [0.15, 0.2) is 0 Å². The highest BCUT2D eigenvalue weighted by molar-refractivity contribution is 5.57. The van der Waals surface area contributed by atoms with Crippen molar-refractivity contribution in [2.75, 3.05) is 19.0 Å². The van der Waals surface area contributed by atoms with Crippen molar-refractivity contribution < 1.29 is 13.9 Å². The third-order valence-corrected chi connectivity index (χ3v) is 3.59. The summed E-state index contributed by atoms with van der Waals surface area (Å²) in [5, 5.41) is 3.45. The molecule has 2 rings (SSSR count). The summed E-state index contributed by atoms with van der Waals surface area (Å²) in [6, 6.07) is 4.89. The zero-order valence-corrected chi connectivity index (χ0v) is 11.6. The third-order valence-electron chi connectivity index (χ3n) is 3.59.